The molecule has 1 aliphatic carbocycles. The van der Waals surface area contributed by atoms with Gasteiger partial charge in [0.25, 0.3) is 5.56 Å². The van der Waals surface area contributed by atoms with Crippen LogP contribution in [-0.2, 0) is 30.4 Å². The smallest absolute Gasteiger partial charge is 0.325 e. The Labute approximate surface area is 191 Å². The third-order valence-corrected chi connectivity index (χ3v) is 7.74. The molecule has 1 amide bonds. The number of rotatable bonds is 5. The summed E-state index contributed by atoms with van der Waals surface area (Å²) in [6.07, 6.45) is -0.472. The van der Waals surface area contributed by atoms with Crippen molar-refractivity contribution in [3.8, 4) is 0 Å². The van der Waals surface area contributed by atoms with Gasteiger partial charge in [-0.15, -0.1) is 11.3 Å². The molecule has 2 aromatic heterocycles. The van der Waals surface area contributed by atoms with Gasteiger partial charge in [0.15, 0.2) is 5.16 Å². The second kappa shape index (κ2) is 8.90. The third kappa shape index (κ3) is 4.43. The monoisotopic (exact) mass is 481 g/mol. The molecule has 3 aromatic rings. The summed E-state index contributed by atoms with van der Waals surface area (Å²) in [5.41, 5.74) is 0.261. The molecule has 1 aromatic carbocycles. The van der Waals surface area contributed by atoms with Crippen molar-refractivity contribution in [2.24, 2.45) is 0 Å². The lowest BCUT2D eigenvalue weighted by Crippen LogP contribution is -2.27. The molecule has 1 N–H and O–H groups in total. The van der Waals surface area contributed by atoms with Crippen LogP contribution in [0, 0.1) is 0 Å². The molecule has 2 heterocycles. The first-order valence-corrected chi connectivity index (χ1v) is 12.1. The van der Waals surface area contributed by atoms with E-state index in [0.717, 1.165) is 55.1 Å². The van der Waals surface area contributed by atoms with Crippen LogP contribution in [0.2, 0.25) is 0 Å². The molecular formula is C22H22F3N3O2S2. The van der Waals surface area contributed by atoms with E-state index >= 15 is 0 Å². The van der Waals surface area contributed by atoms with Crippen molar-refractivity contribution in [3.05, 3.63) is 50.6 Å². The minimum absolute atomic E-state index is 0.0690. The number of thiophene rings is 1. The van der Waals surface area contributed by atoms with E-state index in [0.29, 0.717) is 21.9 Å². The van der Waals surface area contributed by atoms with Crippen molar-refractivity contribution >= 4 is 44.9 Å². The number of carbonyl (C=O) groups excluding carboxylic acids is 1. The Morgan fingerprint density at radius 1 is 1.31 bits per heavy atom. The van der Waals surface area contributed by atoms with Crippen LogP contribution in [-0.4, -0.2) is 20.7 Å². The Hall–Kier alpha value is -2.33. The first kappa shape index (κ1) is 22.8. The molecule has 0 saturated carbocycles. The van der Waals surface area contributed by atoms with Crippen LogP contribution in [0.25, 0.3) is 10.2 Å². The number of hydrogen-bond donors (Lipinski definition) is 1. The first-order chi connectivity index (χ1) is 15.2. The van der Waals surface area contributed by atoms with Gasteiger partial charge in [0.1, 0.15) is 4.83 Å². The fraction of sp³-hybridized carbons (Fsp3) is 0.409. The van der Waals surface area contributed by atoms with Gasteiger partial charge in [-0.3, -0.25) is 14.2 Å². The highest BCUT2D eigenvalue weighted by molar-refractivity contribution is 8.00. The van der Waals surface area contributed by atoms with Crippen molar-refractivity contribution in [1.29, 1.82) is 0 Å². The maximum Gasteiger partial charge on any atom is 0.416 e. The molecule has 4 rings (SSSR count). The zero-order valence-corrected chi connectivity index (χ0v) is 19.2. The lowest BCUT2D eigenvalue weighted by Gasteiger charge is -2.16. The number of thioether (sulfide) groups is 1. The maximum absolute atomic E-state index is 13.2. The van der Waals surface area contributed by atoms with E-state index in [4.69, 9.17) is 4.98 Å². The summed E-state index contributed by atoms with van der Waals surface area (Å²) in [7, 11) is 0. The Kier molecular flexibility index (Phi) is 6.35. The number of amides is 1. The fourth-order valence-corrected chi connectivity index (χ4v) is 6.09. The molecule has 0 radical (unpaired) electrons. The molecular weight excluding hydrogens is 459 g/mol. The summed E-state index contributed by atoms with van der Waals surface area (Å²) in [6, 6.07) is 4.51. The highest BCUT2D eigenvalue weighted by Crippen LogP contribution is 2.35. The number of nitrogens with zero attached hydrogens (tertiary/aromatic N) is 2. The van der Waals surface area contributed by atoms with Gasteiger partial charge in [-0.05, 0) is 63.3 Å². The van der Waals surface area contributed by atoms with Crippen molar-refractivity contribution in [2.45, 2.75) is 62.7 Å². The maximum atomic E-state index is 13.2. The number of aromatic nitrogens is 2. The number of halogens is 3. The quantitative estimate of drug-likeness (QED) is 0.386. The highest BCUT2D eigenvalue weighted by Gasteiger charge is 2.31. The van der Waals surface area contributed by atoms with Crippen LogP contribution in [0.4, 0.5) is 18.9 Å². The molecule has 1 aliphatic rings. The third-order valence-electron chi connectivity index (χ3n) is 5.46. The minimum atomic E-state index is -4.49. The second-order valence-corrected chi connectivity index (χ2v) is 10.1. The number of fused-ring (bicyclic) bond motifs is 3. The Balaban J connectivity index is 1.59. The molecule has 32 heavy (non-hydrogen) atoms. The average molecular weight is 482 g/mol. The molecule has 0 spiro atoms. The van der Waals surface area contributed by atoms with E-state index in [1.54, 1.807) is 22.8 Å². The van der Waals surface area contributed by atoms with Crippen LogP contribution in [0.3, 0.4) is 0 Å². The predicted molar refractivity (Wildman–Crippen MR) is 122 cm³/mol. The normalized spacial score (nSPS) is 14.9. The summed E-state index contributed by atoms with van der Waals surface area (Å²) in [5.74, 6) is -0.461. The summed E-state index contributed by atoms with van der Waals surface area (Å²) in [4.78, 5) is 32.5. The molecule has 0 saturated heterocycles. The molecule has 5 nitrogen and oxygen atoms in total. The number of nitrogens with one attached hydrogen (secondary N) is 1. The van der Waals surface area contributed by atoms with Crippen LogP contribution >= 0.6 is 23.1 Å². The lowest BCUT2D eigenvalue weighted by atomic mass is 9.97. The summed E-state index contributed by atoms with van der Waals surface area (Å²) in [5, 5.41) is 3.00. The van der Waals surface area contributed by atoms with Crippen LogP contribution in [0.1, 0.15) is 42.7 Å². The lowest BCUT2D eigenvalue weighted by molar-refractivity contribution is -0.137. The van der Waals surface area contributed by atoms with Gasteiger partial charge in [0, 0.05) is 17.1 Å². The Bertz CT molecular complexity index is 1230. The van der Waals surface area contributed by atoms with E-state index in [1.165, 1.54) is 17.0 Å². The van der Waals surface area contributed by atoms with Crippen LogP contribution in [0.5, 0.6) is 0 Å². The van der Waals surface area contributed by atoms with Gasteiger partial charge < -0.3 is 5.32 Å². The number of aryl methyl sites for hydroxylation is 2. The highest BCUT2D eigenvalue weighted by atomic mass is 32.2. The zero-order valence-electron chi connectivity index (χ0n) is 17.6. The number of benzene rings is 1. The molecule has 1 atom stereocenters. The van der Waals surface area contributed by atoms with E-state index in [-0.39, 0.29) is 11.2 Å². The van der Waals surface area contributed by atoms with Gasteiger partial charge in [0.05, 0.1) is 16.2 Å². The van der Waals surface area contributed by atoms with E-state index in [2.05, 4.69) is 5.32 Å². The molecule has 0 aliphatic heterocycles. The van der Waals surface area contributed by atoms with E-state index in [1.807, 2.05) is 6.92 Å². The molecule has 1 unspecified atom stereocenters. The molecule has 0 bridgehead atoms. The van der Waals surface area contributed by atoms with Crippen LogP contribution < -0.4 is 10.9 Å². The van der Waals surface area contributed by atoms with Crippen molar-refractivity contribution in [2.75, 3.05) is 5.32 Å². The molecule has 170 valence electrons. The van der Waals surface area contributed by atoms with Gasteiger partial charge in [0.2, 0.25) is 5.91 Å². The van der Waals surface area contributed by atoms with Crippen LogP contribution in [0.15, 0.2) is 34.2 Å². The number of alkyl halides is 3. The van der Waals surface area contributed by atoms with Gasteiger partial charge >= 0.3 is 6.18 Å². The van der Waals surface area contributed by atoms with Gasteiger partial charge in [-0.2, -0.15) is 13.2 Å². The summed E-state index contributed by atoms with van der Waals surface area (Å²) in [6.45, 7) is 3.91. The molecule has 0 fully saturated rings. The topological polar surface area (TPSA) is 64.0 Å². The fourth-order valence-electron chi connectivity index (χ4n) is 3.82. The number of hydrogen-bond acceptors (Lipinski definition) is 5. The standard InChI is InChI=1S/C22H22F3N3O2S2/c1-3-28-20(30)17-15-9-4-5-10-16(15)32-19(17)27-21(28)31-12(2)18(29)26-14-8-6-7-13(11-14)22(23,24)25/h6-8,11-12H,3-5,9-10H2,1-2H3,(H,26,29). The van der Waals surface area contributed by atoms with Gasteiger partial charge in [-0.1, -0.05) is 17.8 Å². The van der Waals surface area contributed by atoms with Crippen molar-refractivity contribution < 1.29 is 18.0 Å². The largest absolute Gasteiger partial charge is 0.416 e. The Morgan fingerprint density at radius 2 is 2.06 bits per heavy atom. The van der Waals surface area contributed by atoms with Gasteiger partial charge in [-0.25, -0.2) is 4.98 Å². The Morgan fingerprint density at radius 3 is 2.78 bits per heavy atom. The van der Waals surface area contributed by atoms with Crippen molar-refractivity contribution in [3.63, 3.8) is 0 Å². The SMILES string of the molecule is CCn1c(SC(C)C(=O)Nc2cccc(C(F)(F)F)c2)nc2sc3c(c2c1=O)CCCC3. The zero-order chi connectivity index (χ0) is 23.0. The number of carbonyl (C=O) groups is 1. The summed E-state index contributed by atoms with van der Waals surface area (Å²) >= 11 is 2.68. The predicted octanol–water partition coefficient (Wildman–Crippen LogP) is 5.49. The first-order valence-electron chi connectivity index (χ1n) is 10.4. The van der Waals surface area contributed by atoms with E-state index in [9.17, 15) is 22.8 Å². The summed E-state index contributed by atoms with van der Waals surface area (Å²) < 4.78 is 40.4. The average Bonchev–Trinajstić information content (AvgIpc) is 3.12. The van der Waals surface area contributed by atoms with Crippen molar-refractivity contribution in [1.82, 2.24) is 9.55 Å². The van der Waals surface area contributed by atoms with E-state index < -0.39 is 22.9 Å². The molecule has 10 heteroatoms. The second-order valence-electron chi connectivity index (χ2n) is 7.66. The minimum Gasteiger partial charge on any atom is -0.325 e. The number of anilines is 1.